The summed E-state index contributed by atoms with van der Waals surface area (Å²) in [5, 5.41) is 10.5. The Morgan fingerprint density at radius 1 is 1.15 bits per heavy atom. The van der Waals surface area contributed by atoms with E-state index in [1.807, 2.05) is 6.07 Å². The number of nitrogens with two attached hydrogens (primary N) is 1. The van der Waals surface area contributed by atoms with Crippen LogP contribution in [0.25, 0.3) is 0 Å². The highest BCUT2D eigenvalue weighted by atomic mass is 16.3. The molecule has 0 spiro atoms. The highest BCUT2D eigenvalue weighted by molar-refractivity contribution is 6.07. The molecular weight excluding hydrogens is 256 g/mol. The minimum Gasteiger partial charge on any atom is -0.371 e. The largest absolute Gasteiger partial charge is 0.371 e. The van der Waals surface area contributed by atoms with E-state index < -0.39 is 17.4 Å². The number of hydrogen-bond donors (Lipinski definition) is 2. The first-order valence-electron chi connectivity index (χ1n) is 6.89. The molecule has 1 aromatic rings. The van der Waals surface area contributed by atoms with Gasteiger partial charge in [-0.05, 0) is 24.8 Å². The van der Waals surface area contributed by atoms with Crippen molar-refractivity contribution < 1.29 is 14.7 Å². The summed E-state index contributed by atoms with van der Waals surface area (Å²) in [6.45, 7) is 1.15. The van der Waals surface area contributed by atoms with Crippen LogP contribution in [0.2, 0.25) is 0 Å². The maximum Gasteiger partial charge on any atom is 0.264 e. The Labute approximate surface area is 118 Å². The van der Waals surface area contributed by atoms with Gasteiger partial charge < -0.3 is 15.7 Å². The molecule has 3 N–H and O–H groups in total. The first-order valence-corrected chi connectivity index (χ1v) is 6.89. The van der Waals surface area contributed by atoms with Gasteiger partial charge in [0, 0.05) is 19.5 Å². The molecule has 0 bridgehead atoms. The molecule has 1 aliphatic heterocycles. The molecule has 5 heteroatoms. The van der Waals surface area contributed by atoms with Crippen LogP contribution in [-0.2, 0) is 16.0 Å². The molecule has 2 amide bonds. The molecule has 1 atom stereocenters. The number of likely N-dealkylation sites (tertiary alicyclic amines) is 1. The van der Waals surface area contributed by atoms with E-state index in [1.165, 1.54) is 4.90 Å². The van der Waals surface area contributed by atoms with Gasteiger partial charge in [0.05, 0.1) is 0 Å². The predicted molar refractivity (Wildman–Crippen MR) is 74.7 cm³/mol. The summed E-state index contributed by atoms with van der Waals surface area (Å²) in [4.78, 5) is 25.6. The highest BCUT2D eigenvalue weighted by Gasteiger charge is 2.45. The first-order chi connectivity index (χ1) is 9.54. The van der Waals surface area contributed by atoms with Crippen LogP contribution < -0.4 is 5.73 Å². The van der Waals surface area contributed by atoms with Gasteiger partial charge in [0.15, 0.2) is 0 Å². The first kappa shape index (κ1) is 14.5. The molecule has 2 rings (SSSR count). The summed E-state index contributed by atoms with van der Waals surface area (Å²) in [6, 6.07) is 8.94. The number of rotatable bonds is 4. The maximum absolute atomic E-state index is 12.4. The molecule has 20 heavy (non-hydrogen) atoms. The average Bonchev–Trinajstić information content (AvgIpc) is 2.48. The van der Waals surface area contributed by atoms with E-state index in [1.54, 1.807) is 24.3 Å². The van der Waals surface area contributed by atoms with Gasteiger partial charge in [0.25, 0.3) is 11.8 Å². The van der Waals surface area contributed by atoms with Gasteiger partial charge in [0.2, 0.25) is 5.60 Å². The normalized spacial score (nSPS) is 18.4. The average molecular weight is 276 g/mol. The van der Waals surface area contributed by atoms with Gasteiger partial charge >= 0.3 is 0 Å². The van der Waals surface area contributed by atoms with E-state index in [0.29, 0.717) is 18.7 Å². The van der Waals surface area contributed by atoms with Crippen LogP contribution >= 0.6 is 0 Å². The zero-order valence-electron chi connectivity index (χ0n) is 11.4. The summed E-state index contributed by atoms with van der Waals surface area (Å²) in [7, 11) is 0. The second kappa shape index (κ2) is 6.05. The SMILES string of the molecule is NC(=O)[C@](O)(Cc1ccccc1)C(=O)N1CCCCC1. The number of piperidine rings is 1. The molecule has 1 aromatic carbocycles. The zero-order chi connectivity index (χ0) is 14.6. The minimum absolute atomic E-state index is 0.0848. The van der Waals surface area contributed by atoms with Gasteiger partial charge in [-0.2, -0.15) is 0 Å². The molecule has 1 saturated heterocycles. The van der Waals surface area contributed by atoms with Crippen molar-refractivity contribution in [3.63, 3.8) is 0 Å². The lowest BCUT2D eigenvalue weighted by atomic mass is 9.91. The van der Waals surface area contributed by atoms with E-state index in [9.17, 15) is 14.7 Å². The van der Waals surface area contributed by atoms with Crippen molar-refractivity contribution in [2.45, 2.75) is 31.3 Å². The molecule has 0 unspecified atom stereocenters. The lowest BCUT2D eigenvalue weighted by molar-refractivity contribution is -0.160. The zero-order valence-corrected chi connectivity index (χ0v) is 11.4. The van der Waals surface area contributed by atoms with Crippen molar-refractivity contribution in [1.29, 1.82) is 0 Å². The lowest BCUT2D eigenvalue weighted by Gasteiger charge is -2.33. The van der Waals surface area contributed by atoms with Crippen molar-refractivity contribution in [2.75, 3.05) is 13.1 Å². The van der Waals surface area contributed by atoms with Gasteiger partial charge in [-0.3, -0.25) is 9.59 Å². The second-order valence-corrected chi connectivity index (χ2v) is 5.24. The molecule has 5 nitrogen and oxygen atoms in total. The van der Waals surface area contributed by atoms with Gasteiger partial charge in [-0.25, -0.2) is 0 Å². The van der Waals surface area contributed by atoms with Crippen molar-refractivity contribution in [2.24, 2.45) is 5.73 Å². The van der Waals surface area contributed by atoms with Crippen molar-refractivity contribution in [3.8, 4) is 0 Å². The summed E-state index contributed by atoms with van der Waals surface area (Å²) in [5.74, 6) is -1.56. The Hall–Kier alpha value is -1.88. The quantitative estimate of drug-likeness (QED) is 0.784. The molecule has 0 aliphatic carbocycles. The molecule has 0 saturated carbocycles. The molecule has 1 heterocycles. The number of aliphatic hydroxyl groups is 1. The molecule has 1 fully saturated rings. The van der Waals surface area contributed by atoms with E-state index in [4.69, 9.17) is 5.73 Å². The summed E-state index contributed by atoms with van der Waals surface area (Å²) < 4.78 is 0. The smallest absolute Gasteiger partial charge is 0.264 e. The van der Waals surface area contributed by atoms with Crippen molar-refractivity contribution >= 4 is 11.8 Å². The topological polar surface area (TPSA) is 83.6 Å². The van der Waals surface area contributed by atoms with Gasteiger partial charge in [0.1, 0.15) is 0 Å². The lowest BCUT2D eigenvalue weighted by Crippen LogP contribution is -2.59. The fraction of sp³-hybridized carbons (Fsp3) is 0.467. The number of carbonyl (C=O) groups excluding carboxylic acids is 2. The molecular formula is C15H20N2O3. The number of benzene rings is 1. The summed E-state index contributed by atoms with van der Waals surface area (Å²) in [6.07, 6.45) is 2.77. The van der Waals surface area contributed by atoms with Crippen LogP contribution in [0.5, 0.6) is 0 Å². The number of hydrogen-bond acceptors (Lipinski definition) is 3. The highest BCUT2D eigenvalue weighted by Crippen LogP contribution is 2.19. The third-order valence-corrected chi connectivity index (χ3v) is 3.71. The minimum atomic E-state index is -2.15. The van der Waals surface area contributed by atoms with E-state index >= 15 is 0 Å². The fourth-order valence-corrected chi connectivity index (χ4v) is 2.52. The van der Waals surface area contributed by atoms with Crippen LogP contribution in [0.1, 0.15) is 24.8 Å². The van der Waals surface area contributed by atoms with Crippen LogP contribution in [0.4, 0.5) is 0 Å². The molecule has 0 radical (unpaired) electrons. The van der Waals surface area contributed by atoms with Crippen LogP contribution in [0.3, 0.4) is 0 Å². The van der Waals surface area contributed by atoms with Crippen LogP contribution in [-0.4, -0.2) is 40.5 Å². The second-order valence-electron chi connectivity index (χ2n) is 5.24. The fourth-order valence-electron chi connectivity index (χ4n) is 2.52. The van der Waals surface area contributed by atoms with Crippen molar-refractivity contribution in [1.82, 2.24) is 4.90 Å². The van der Waals surface area contributed by atoms with E-state index in [0.717, 1.165) is 19.3 Å². The van der Waals surface area contributed by atoms with Gasteiger partial charge in [-0.1, -0.05) is 30.3 Å². The Bertz CT molecular complexity index is 483. The Kier molecular flexibility index (Phi) is 4.39. The summed E-state index contributed by atoms with van der Waals surface area (Å²) >= 11 is 0. The summed E-state index contributed by atoms with van der Waals surface area (Å²) in [5.41, 5.74) is 3.84. The third kappa shape index (κ3) is 2.99. The molecule has 108 valence electrons. The monoisotopic (exact) mass is 276 g/mol. The molecule has 1 aliphatic rings. The number of primary amides is 1. The number of nitrogens with zero attached hydrogens (tertiary/aromatic N) is 1. The standard InChI is InChI=1S/C15H20N2O3/c16-13(18)15(20,11-12-7-3-1-4-8-12)14(19)17-9-5-2-6-10-17/h1,3-4,7-8,20H,2,5-6,9-11H2,(H2,16,18)/t15-/m1/s1. The van der Waals surface area contributed by atoms with Gasteiger partial charge in [-0.15, -0.1) is 0 Å². The number of amides is 2. The van der Waals surface area contributed by atoms with E-state index in [2.05, 4.69) is 0 Å². The van der Waals surface area contributed by atoms with E-state index in [-0.39, 0.29) is 6.42 Å². The third-order valence-electron chi connectivity index (χ3n) is 3.71. The number of carbonyl (C=O) groups is 2. The van der Waals surface area contributed by atoms with Crippen LogP contribution in [0, 0.1) is 0 Å². The Balaban J connectivity index is 2.20. The Morgan fingerprint density at radius 3 is 2.30 bits per heavy atom. The maximum atomic E-state index is 12.4. The Morgan fingerprint density at radius 2 is 1.75 bits per heavy atom. The predicted octanol–water partition coefficient (Wildman–Crippen LogP) is 0.458. The van der Waals surface area contributed by atoms with Crippen molar-refractivity contribution in [3.05, 3.63) is 35.9 Å². The molecule has 0 aromatic heterocycles. The van der Waals surface area contributed by atoms with Crippen LogP contribution in [0.15, 0.2) is 30.3 Å².